The zero-order valence-corrected chi connectivity index (χ0v) is 8.21. The van der Waals surface area contributed by atoms with E-state index < -0.39 is 4.92 Å². The molecule has 2 rings (SSSR count). The number of nitrogens with one attached hydrogen (secondary N) is 1. The number of aldehydes is 1. The first kappa shape index (κ1) is 10.1. The van der Waals surface area contributed by atoms with Gasteiger partial charge in [0.05, 0.1) is 4.92 Å². The fraction of sp³-hybridized carbons (Fsp3) is 0. The molecule has 1 aromatic carbocycles. The fourth-order valence-electron chi connectivity index (χ4n) is 1.52. The summed E-state index contributed by atoms with van der Waals surface area (Å²) in [6.45, 7) is 0. The first-order valence-electron chi connectivity index (χ1n) is 4.60. The third kappa shape index (κ3) is 1.70. The average Bonchev–Trinajstić information content (AvgIpc) is 2.68. The molecule has 0 fully saturated rings. The van der Waals surface area contributed by atoms with Gasteiger partial charge < -0.3 is 4.98 Å². The summed E-state index contributed by atoms with van der Waals surface area (Å²) in [4.78, 5) is 23.3. The molecule has 0 aliphatic rings. The number of H-pyrrole nitrogens is 1. The van der Waals surface area contributed by atoms with E-state index in [-0.39, 0.29) is 5.69 Å². The van der Waals surface area contributed by atoms with Gasteiger partial charge in [-0.05, 0) is 18.2 Å². The van der Waals surface area contributed by atoms with E-state index in [4.69, 9.17) is 0 Å². The van der Waals surface area contributed by atoms with Crippen molar-refractivity contribution in [3.8, 4) is 0 Å². The smallest absolute Gasteiger partial charge is 0.270 e. The molecular formula is C11H8N2O3. The van der Waals surface area contributed by atoms with Crippen LogP contribution in [0.25, 0.3) is 17.0 Å². The summed E-state index contributed by atoms with van der Waals surface area (Å²) in [5, 5.41) is 11.3. The molecule has 0 aliphatic carbocycles. The SMILES string of the molecule is O=CC=Cc1c[nH]c2ccc([N+](=O)[O-])cc12. The Kier molecular flexibility index (Phi) is 2.51. The van der Waals surface area contributed by atoms with Crippen LogP contribution in [-0.4, -0.2) is 16.2 Å². The normalized spacial score (nSPS) is 11.0. The maximum Gasteiger partial charge on any atom is 0.270 e. The number of rotatable bonds is 3. The molecule has 80 valence electrons. The van der Waals surface area contributed by atoms with Gasteiger partial charge in [-0.1, -0.05) is 0 Å². The molecule has 1 N–H and O–H groups in total. The maximum absolute atomic E-state index is 10.6. The molecule has 5 heteroatoms. The van der Waals surface area contributed by atoms with Crippen molar-refractivity contribution >= 4 is 29.0 Å². The minimum Gasteiger partial charge on any atom is -0.361 e. The number of fused-ring (bicyclic) bond motifs is 1. The predicted molar refractivity (Wildman–Crippen MR) is 60.1 cm³/mol. The Morgan fingerprint density at radius 3 is 2.88 bits per heavy atom. The second kappa shape index (κ2) is 3.98. The number of hydrogen-bond acceptors (Lipinski definition) is 3. The van der Waals surface area contributed by atoms with Gasteiger partial charge in [-0.3, -0.25) is 14.9 Å². The van der Waals surface area contributed by atoms with E-state index in [9.17, 15) is 14.9 Å². The molecule has 1 heterocycles. The highest BCUT2D eigenvalue weighted by Gasteiger charge is 2.08. The third-order valence-corrected chi connectivity index (χ3v) is 2.26. The molecule has 1 aromatic heterocycles. The molecule has 2 aromatic rings. The van der Waals surface area contributed by atoms with E-state index >= 15 is 0 Å². The quantitative estimate of drug-likeness (QED) is 0.370. The molecule has 0 amide bonds. The van der Waals surface area contributed by atoms with E-state index in [0.29, 0.717) is 6.29 Å². The van der Waals surface area contributed by atoms with E-state index in [1.807, 2.05) is 0 Å². The van der Waals surface area contributed by atoms with Crippen molar-refractivity contribution < 1.29 is 9.72 Å². The number of aromatic amines is 1. The second-order valence-corrected chi connectivity index (χ2v) is 3.23. The number of carbonyl (C=O) groups is 1. The Labute approximate surface area is 90.5 Å². The molecule has 0 radical (unpaired) electrons. The lowest BCUT2D eigenvalue weighted by molar-refractivity contribution is -0.384. The van der Waals surface area contributed by atoms with Gasteiger partial charge in [0.2, 0.25) is 0 Å². The van der Waals surface area contributed by atoms with Gasteiger partial charge >= 0.3 is 0 Å². The van der Waals surface area contributed by atoms with E-state index in [2.05, 4.69) is 4.98 Å². The summed E-state index contributed by atoms with van der Waals surface area (Å²) in [5.41, 5.74) is 1.59. The third-order valence-electron chi connectivity index (χ3n) is 2.26. The zero-order chi connectivity index (χ0) is 11.5. The number of nitro benzene ring substituents is 1. The number of nitrogens with zero attached hydrogens (tertiary/aromatic N) is 1. The summed E-state index contributed by atoms with van der Waals surface area (Å²) in [5.74, 6) is 0. The number of carbonyl (C=O) groups excluding carboxylic acids is 1. The lowest BCUT2D eigenvalue weighted by Crippen LogP contribution is -1.86. The van der Waals surface area contributed by atoms with Crippen LogP contribution in [0.5, 0.6) is 0 Å². The summed E-state index contributed by atoms with van der Waals surface area (Å²) in [6.07, 6.45) is 5.32. The van der Waals surface area contributed by atoms with Crippen molar-refractivity contribution in [2.75, 3.05) is 0 Å². The molecule has 0 bridgehead atoms. The molecule has 0 spiro atoms. The molecule has 5 nitrogen and oxygen atoms in total. The molecule has 0 unspecified atom stereocenters. The van der Waals surface area contributed by atoms with Crippen molar-refractivity contribution in [2.45, 2.75) is 0 Å². The lowest BCUT2D eigenvalue weighted by Gasteiger charge is -1.93. The van der Waals surface area contributed by atoms with Gasteiger partial charge in [-0.2, -0.15) is 0 Å². The van der Waals surface area contributed by atoms with E-state index in [1.165, 1.54) is 18.2 Å². The molecular weight excluding hydrogens is 208 g/mol. The van der Waals surface area contributed by atoms with Crippen LogP contribution in [0.4, 0.5) is 5.69 Å². The number of allylic oxidation sites excluding steroid dienone is 1. The van der Waals surface area contributed by atoms with Gasteiger partial charge in [0.1, 0.15) is 6.29 Å². The first-order valence-corrected chi connectivity index (χ1v) is 4.60. The molecule has 0 aliphatic heterocycles. The van der Waals surface area contributed by atoms with Crippen molar-refractivity contribution in [3.05, 3.63) is 46.1 Å². The molecule has 0 saturated carbocycles. The van der Waals surface area contributed by atoms with Crippen LogP contribution in [-0.2, 0) is 4.79 Å². The van der Waals surface area contributed by atoms with Gasteiger partial charge in [0.25, 0.3) is 5.69 Å². The Morgan fingerprint density at radius 1 is 1.38 bits per heavy atom. The van der Waals surface area contributed by atoms with Crippen LogP contribution >= 0.6 is 0 Å². The van der Waals surface area contributed by atoms with Crippen molar-refractivity contribution in [1.29, 1.82) is 0 Å². The van der Waals surface area contributed by atoms with Crippen molar-refractivity contribution in [3.63, 3.8) is 0 Å². The zero-order valence-electron chi connectivity index (χ0n) is 8.21. The van der Waals surface area contributed by atoms with Crippen molar-refractivity contribution in [1.82, 2.24) is 4.98 Å². The van der Waals surface area contributed by atoms with Crippen LogP contribution in [0.1, 0.15) is 5.56 Å². The van der Waals surface area contributed by atoms with Crippen LogP contribution in [0, 0.1) is 10.1 Å². The minimum absolute atomic E-state index is 0.0350. The van der Waals surface area contributed by atoms with Gasteiger partial charge in [0.15, 0.2) is 0 Å². The number of non-ortho nitro benzene ring substituents is 1. The minimum atomic E-state index is -0.445. The van der Waals surface area contributed by atoms with E-state index in [1.54, 1.807) is 18.3 Å². The van der Waals surface area contributed by atoms with E-state index in [0.717, 1.165) is 16.5 Å². The Morgan fingerprint density at radius 2 is 2.19 bits per heavy atom. The maximum atomic E-state index is 10.6. The van der Waals surface area contributed by atoms with Crippen LogP contribution in [0.3, 0.4) is 0 Å². The first-order chi connectivity index (χ1) is 7.72. The highest BCUT2D eigenvalue weighted by atomic mass is 16.6. The number of benzene rings is 1. The van der Waals surface area contributed by atoms with Crippen LogP contribution in [0.15, 0.2) is 30.5 Å². The number of nitro groups is 1. The van der Waals surface area contributed by atoms with Gasteiger partial charge in [-0.25, -0.2) is 0 Å². The largest absolute Gasteiger partial charge is 0.361 e. The number of aromatic nitrogens is 1. The fourth-order valence-corrected chi connectivity index (χ4v) is 1.52. The predicted octanol–water partition coefficient (Wildman–Crippen LogP) is 2.29. The Hall–Kier alpha value is -2.43. The van der Waals surface area contributed by atoms with Gasteiger partial charge in [0, 0.05) is 34.8 Å². The molecule has 16 heavy (non-hydrogen) atoms. The second-order valence-electron chi connectivity index (χ2n) is 3.23. The van der Waals surface area contributed by atoms with Crippen molar-refractivity contribution in [2.24, 2.45) is 0 Å². The monoisotopic (exact) mass is 216 g/mol. The van der Waals surface area contributed by atoms with Gasteiger partial charge in [-0.15, -0.1) is 0 Å². The van der Waals surface area contributed by atoms with Crippen LogP contribution in [0.2, 0.25) is 0 Å². The standard InChI is InChI=1S/C11H8N2O3/c14-5-1-2-8-7-12-11-4-3-9(13(15)16)6-10(8)11/h1-7,12H. The molecule has 0 atom stereocenters. The summed E-state index contributed by atoms with van der Waals surface area (Å²) < 4.78 is 0. The summed E-state index contributed by atoms with van der Waals surface area (Å²) >= 11 is 0. The number of hydrogen-bond donors (Lipinski definition) is 1. The Bertz CT molecular complexity index is 584. The Balaban J connectivity index is 2.59. The van der Waals surface area contributed by atoms with Crippen LogP contribution < -0.4 is 0 Å². The summed E-state index contributed by atoms with van der Waals surface area (Å²) in [7, 11) is 0. The highest BCUT2D eigenvalue weighted by molar-refractivity contribution is 5.92. The molecule has 0 saturated heterocycles. The summed E-state index contributed by atoms with van der Waals surface area (Å²) in [6, 6.07) is 4.56. The topological polar surface area (TPSA) is 76.0 Å². The average molecular weight is 216 g/mol. The highest BCUT2D eigenvalue weighted by Crippen LogP contribution is 2.24. The lowest BCUT2D eigenvalue weighted by atomic mass is 10.1.